The van der Waals surface area contributed by atoms with Gasteiger partial charge in [0.1, 0.15) is 23.0 Å². The third kappa shape index (κ3) is 7.00. The lowest BCUT2D eigenvalue weighted by Gasteiger charge is -2.15. The monoisotopic (exact) mass is 705 g/mol. The standard InChI is InChI=1S/C29H25BrINO5S/c1-3-35-23-15-19(14-22(31)27(23)37-17-18-10-12-20(30)13-11-18)16-24-26(33)25(29(34)36-4-2)28(38-24)32-21-8-6-5-7-9-21/h5-16,33H,3-4,17H2,1-2H3/b24-16-,32-28?. The summed E-state index contributed by atoms with van der Waals surface area (Å²) in [7, 11) is 0. The second kappa shape index (κ2) is 13.3. The van der Waals surface area contributed by atoms with E-state index < -0.39 is 5.97 Å². The molecular formula is C29H25BrINO5S. The van der Waals surface area contributed by atoms with Crippen molar-refractivity contribution in [1.82, 2.24) is 0 Å². The van der Waals surface area contributed by atoms with Crippen molar-refractivity contribution in [3.05, 3.63) is 102 Å². The quantitative estimate of drug-likeness (QED) is 0.179. The Morgan fingerprint density at radius 3 is 2.47 bits per heavy atom. The SMILES string of the molecule is CCOC(=O)C1=C(O)/C(=C/c2cc(I)c(OCc3ccc(Br)cc3)c(OCC)c2)SC1=Nc1ccccc1. The van der Waals surface area contributed by atoms with Gasteiger partial charge in [-0.25, -0.2) is 9.79 Å². The third-order valence-corrected chi connectivity index (χ3v) is 7.63. The zero-order valence-electron chi connectivity index (χ0n) is 20.7. The molecule has 1 aliphatic rings. The van der Waals surface area contributed by atoms with Gasteiger partial charge in [-0.05, 0) is 90.0 Å². The average Bonchev–Trinajstić information content (AvgIpc) is 3.19. The minimum absolute atomic E-state index is 0.0566. The van der Waals surface area contributed by atoms with Crippen LogP contribution in [0.25, 0.3) is 6.08 Å². The number of aliphatic imine (C=N–C) groups is 1. The second-order valence-corrected chi connectivity index (χ2v) is 11.1. The normalized spacial score (nSPS) is 15.3. The molecule has 196 valence electrons. The number of rotatable bonds is 9. The molecule has 1 N–H and O–H groups in total. The van der Waals surface area contributed by atoms with E-state index in [-0.39, 0.29) is 17.9 Å². The van der Waals surface area contributed by atoms with Gasteiger partial charge in [0, 0.05) is 4.47 Å². The third-order valence-electron chi connectivity index (χ3n) is 5.28. The Hall–Kier alpha value is -2.76. The van der Waals surface area contributed by atoms with E-state index in [1.54, 1.807) is 13.0 Å². The minimum Gasteiger partial charge on any atom is -0.506 e. The molecule has 0 bridgehead atoms. The molecule has 0 fully saturated rings. The fourth-order valence-electron chi connectivity index (χ4n) is 3.57. The van der Waals surface area contributed by atoms with Crippen molar-refractivity contribution in [1.29, 1.82) is 0 Å². The molecule has 38 heavy (non-hydrogen) atoms. The number of esters is 1. The number of halogens is 2. The highest BCUT2D eigenvalue weighted by atomic mass is 127. The summed E-state index contributed by atoms with van der Waals surface area (Å²) in [5, 5.41) is 11.4. The van der Waals surface area contributed by atoms with Gasteiger partial charge in [0.15, 0.2) is 11.5 Å². The topological polar surface area (TPSA) is 77.4 Å². The van der Waals surface area contributed by atoms with Crippen molar-refractivity contribution in [2.24, 2.45) is 4.99 Å². The van der Waals surface area contributed by atoms with Crippen LogP contribution in [0, 0.1) is 3.57 Å². The molecule has 6 nitrogen and oxygen atoms in total. The van der Waals surface area contributed by atoms with Crippen molar-refractivity contribution in [3.8, 4) is 11.5 Å². The Morgan fingerprint density at radius 2 is 1.79 bits per heavy atom. The zero-order valence-corrected chi connectivity index (χ0v) is 25.3. The van der Waals surface area contributed by atoms with Crippen LogP contribution in [0.5, 0.6) is 11.5 Å². The van der Waals surface area contributed by atoms with Gasteiger partial charge >= 0.3 is 5.97 Å². The molecule has 0 unspecified atom stereocenters. The predicted octanol–water partition coefficient (Wildman–Crippen LogP) is 8.22. The Balaban J connectivity index is 1.67. The summed E-state index contributed by atoms with van der Waals surface area (Å²) in [5.41, 5.74) is 2.55. The zero-order chi connectivity index (χ0) is 27.1. The van der Waals surface area contributed by atoms with Gasteiger partial charge in [-0.2, -0.15) is 0 Å². The second-order valence-electron chi connectivity index (χ2n) is 7.99. The van der Waals surface area contributed by atoms with Gasteiger partial charge in [0.05, 0.1) is 27.4 Å². The van der Waals surface area contributed by atoms with E-state index in [4.69, 9.17) is 14.2 Å². The van der Waals surface area contributed by atoms with Gasteiger partial charge in [-0.1, -0.05) is 58.0 Å². The number of aliphatic hydroxyl groups is 1. The van der Waals surface area contributed by atoms with Crippen molar-refractivity contribution >= 4 is 73.1 Å². The maximum Gasteiger partial charge on any atom is 0.344 e. The van der Waals surface area contributed by atoms with E-state index in [2.05, 4.69) is 43.5 Å². The number of carbonyl (C=O) groups excluding carboxylic acids is 1. The number of nitrogens with zero attached hydrogens (tertiary/aromatic N) is 1. The number of thioether (sulfide) groups is 1. The molecule has 0 spiro atoms. The molecule has 9 heteroatoms. The maximum atomic E-state index is 12.7. The molecule has 0 aromatic heterocycles. The molecule has 0 radical (unpaired) electrons. The fraction of sp³-hybridized carbons (Fsp3) is 0.172. The Morgan fingerprint density at radius 1 is 1.05 bits per heavy atom. The summed E-state index contributed by atoms with van der Waals surface area (Å²) in [6.07, 6.45) is 1.80. The van der Waals surface area contributed by atoms with Crippen LogP contribution in [0.3, 0.4) is 0 Å². The first-order valence-electron chi connectivity index (χ1n) is 11.9. The van der Waals surface area contributed by atoms with Gasteiger partial charge in [0.2, 0.25) is 0 Å². The van der Waals surface area contributed by atoms with Crippen LogP contribution < -0.4 is 9.47 Å². The summed E-state index contributed by atoms with van der Waals surface area (Å²) in [6, 6.07) is 21.0. The van der Waals surface area contributed by atoms with Crippen LogP contribution in [0.4, 0.5) is 5.69 Å². The molecule has 3 aromatic carbocycles. The highest BCUT2D eigenvalue weighted by Gasteiger charge is 2.33. The maximum absolute atomic E-state index is 12.7. The van der Waals surface area contributed by atoms with Crippen molar-refractivity contribution < 1.29 is 24.1 Å². The summed E-state index contributed by atoms with van der Waals surface area (Å²) in [5.74, 6) is 0.469. The number of hydrogen-bond donors (Lipinski definition) is 1. The van der Waals surface area contributed by atoms with Crippen LogP contribution in [-0.4, -0.2) is 29.3 Å². The van der Waals surface area contributed by atoms with E-state index in [1.165, 1.54) is 11.8 Å². The molecule has 1 heterocycles. The first-order valence-corrected chi connectivity index (χ1v) is 14.6. The van der Waals surface area contributed by atoms with Gasteiger partial charge in [-0.3, -0.25) is 0 Å². The minimum atomic E-state index is -0.614. The predicted molar refractivity (Wildman–Crippen MR) is 164 cm³/mol. The molecule has 0 amide bonds. The number of benzene rings is 3. The number of hydrogen-bond acceptors (Lipinski definition) is 7. The smallest absolute Gasteiger partial charge is 0.344 e. The lowest BCUT2D eigenvalue weighted by molar-refractivity contribution is -0.138. The first-order chi connectivity index (χ1) is 18.4. The van der Waals surface area contributed by atoms with Crippen LogP contribution in [0.2, 0.25) is 0 Å². The van der Waals surface area contributed by atoms with Crippen LogP contribution in [0.15, 0.2) is 92.4 Å². The van der Waals surface area contributed by atoms with Crippen LogP contribution >= 0.6 is 50.3 Å². The van der Waals surface area contributed by atoms with E-state index in [1.807, 2.05) is 73.7 Å². The van der Waals surface area contributed by atoms with Gasteiger partial charge in [-0.15, -0.1) is 0 Å². The van der Waals surface area contributed by atoms with Crippen LogP contribution in [-0.2, 0) is 16.1 Å². The summed E-state index contributed by atoms with van der Waals surface area (Å²) in [6.45, 7) is 4.68. The molecule has 0 saturated heterocycles. The molecule has 3 aromatic rings. The number of carbonyl (C=O) groups is 1. The van der Waals surface area contributed by atoms with E-state index in [9.17, 15) is 9.90 Å². The van der Waals surface area contributed by atoms with Crippen molar-refractivity contribution in [2.45, 2.75) is 20.5 Å². The Labute approximate surface area is 248 Å². The summed E-state index contributed by atoms with van der Waals surface area (Å²) >= 11 is 6.88. The largest absolute Gasteiger partial charge is 0.506 e. The summed E-state index contributed by atoms with van der Waals surface area (Å²) in [4.78, 5) is 17.8. The highest BCUT2D eigenvalue weighted by molar-refractivity contribution is 14.1. The van der Waals surface area contributed by atoms with E-state index in [0.29, 0.717) is 40.3 Å². The number of para-hydroxylation sites is 1. The van der Waals surface area contributed by atoms with Crippen LogP contribution in [0.1, 0.15) is 25.0 Å². The Kier molecular flexibility index (Phi) is 9.92. The molecular weight excluding hydrogens is 681 g/mol. The first kappa shape index (κ1) is 28.3. The number of ether oxygens (including phenoxy) is 3. The number of aliphatic hydroxyl groups excluding tert-OH is 1. The lowest BCUT2D eigenvalue weighted by Crippen LogP contribution is -2.12. The van der Waals surface area contributed by atoms with Crippen molar-refractivity contribution in [3.63, 3.8) is 0 Å². The highest BCUT2D eigenvalue weighted by Crippen LogP contribution is 2.42. The molecule has 0 saturated carbocycles. The van der Waals surface area contributed by atoms with E-state index in [0.717, 1.165) is 19.2 Å². The fourth-order valence-corrected chi connectivity index (χ4v) is 5.65. The molecule has 4 rings (SSSR count). The summed E-state index contributed by atoms with van der Waals surface area (Å²) < 4.78 is 19.1. The van der Waals surface area contributed by atoms with Gasteiger partial charge in [0.25, 0.3) is 0 Å². The van der Waals surface area contributed by atoms with Gasteiger partial charge < -0.3 is 19.3 Å². The van der Waals surface area contributed by atoms with E-state index >= 15 is 0 Å². The van der Waals surface area contributed by atoms with Crippen molar-refractivity contribution in [2.75, 3.05) is 13.2 Å². The lowest BCUT2D eigenvalue weighted by atomic mass is 10.1. The Bertz CT molecular complexity index is 1400. The molecule has 1 aliphatic heterocycles. The molecule has 0 aliphatic carbocycles. The average molecular weight is 706 g/mol. The molecule has 0 atom stereocenters.